The Kier molecular flexibility index (Phi) is 6.65. The molecule has 0 fully saturated rings. The van der Waals surface area contributed by atoms with Crippen LogP contribution in [0, 0.1) is 13.8 Å². The third-order valence-electron chi connectivity index (χ3n) is 3.65. The summed E-state index contributed by atoms with van der Waals surface area (Å²) in [6.45, 7) is 5.84. The molecule has 5 heteroatoms. The molecule has 0 heterocycles. The van der Waals surface area contributed by atoms with Crippen molar-refractivity contribution in [2.24, 2.45) is 5.84 Å². The fourth-order valence-corrected chi connectivity index (χ4v) is 3.12. The lowest BCUT2D eigenvalue weighted by Gasteiger charge is -2.17. The van der Waals surface area contributed by atoms with E-state index in [9.17, 15) is 8.42 Å². The molecule has 4 nitrogen and oxygen atoms in total. The molecule has 1 aromatic rings. The van der Waals surface area contributed by atoms with Crippen LogP contribution >= 0.6 is 0 Å². The molecule has 0 radical (unpaired) electrons. The summed E-state index contributed by atoms with van der Waals surface area (Å²) in [5.74, 6) is 6.05. The zero-order valence-electron chi connectivity index (χ0n) is 12.6. The highest BCUT2D eigenvalue weighted by atomic mass is 32.2. The molecule has 0 amide bonds. The summed E-state index contributed by atoms with van der Waals surface area (Å²) in [5.41, 5.74) is 6.56. The smallest absolute Gasteiger partial charge is 0.150 e. The van der Waals surface area contributed by atoms with Crippen molar-refractivity contribution in [1.82, 2.24) is 5.43 Å². The number of nitrogens with one attached hydrogen (secondary N) is 1. The second-order valence-corrected chi connectivity index (χ2v) is 7.85. The van der Waals surface area contributed by atoms with Crippen LogP contribution in [0.2, 0.25) is 0 Å². The number of nitrogens with two attached hydrogens (primary N) is 1. The van der Waals surface area contributed by atoms with Crippen LogP contribution < -0.4 is 11.3 Å². The quantitative estimate of drug-likeness (QED) is 0.568. The van der Waals surface area contributed by atoms with Crippen LogP contribution in [-0.4, -0.2) is 26.0 Å². The molecule has 0 saturated heterocycles. The molecule has 0 aliphatic rings. The predicted molar refractivity (Wildman–Crippen MR) is 84.3 cm³/mol. The number of aryl methyl sites for hydroxylation is 2. The molecular weight excluding hydrogens is 272 g/mol. The molecule has 0 saturated carbocycles. The Bertz CT molecular complexity index is 527. The van der Waals surface area contributed by atoms with Crippen LogP contribution in [-0.2, 0) is 16.3 Å². The van der Waals surface area contributed by atoms with E-state index in [4.69, 9.17) is 5.84 Å². The van der Waals surface area contributed by atoms with Gasteiger partial charge in [-0.1, -0.05) is 30.7 Å². The molecule has 0 aromatic heterocycles. The van der Waals surface area contributed by atoms with Gasteiger partial charge in [0.25, 0.3) is 0 Å². The Morgan fingerprint density at radius 1 is 1.30 bits per heavy atom. The van der Waals surface area contributed by atoms with Gasteiger partial charge in [0.2, 0.25) is 0 Å². The van der Waals surface area contributed by atoms with E-state index >= 15 is 0 Å². The number of rotatable bonds is 8. The second kappa shape index (κ2) is 7.76. The third kappa shape index (κ3) is 5.61. The highest BCUT2D eigenvalue weighted by Crippen LogP contribution is 2.14. The van der Waals surface area contributed by atoms with E-state index < -0.39 is 9.84 Å². The zero-order valence-corrected chi connectivity index (χ0v) is 13.5. The summed E-state index contributed by atoms with van der Waals surface area (Å²) < 4.78 is 22.9. The summed E-state index contributed by atoms with van der Waals surface area (Å²) >= 11 is 0. The minimum absolute atomic E-state index is 0.113. The van der Waals surface area contributed by atoms with Crippen molar-refractivity contribution in [3.05, 3.63) is 34.9 Å². The zero-order chi connectivity index (χ0) is 15.2. The maximum atomic E-state index is 11.5. The van der Waals surface area contributed by atoms with Gasteiger partial charge in [0.1, 0.15) is 9.84 Å². The van der Waals surface area contributed by atoms with E-state index in [-0.39, 0.29) is 17.5 Å². The lowest BCUT2D eigenvalue weighted by Crippen LogP contribution is -2.37. The standard InChI is InChI=1S/C15H26N2O2S/c1-4-20(18,19)9-5-6-15(17-16)11-14-10-12(2)7-8-13(14)3/h7-8,10,15,17H,4-6,9,11,16H2,1-3H3. The average molecular weight is 298 g/mol. The van der Waals surface area contributed by atoms with Crippen LogP contribution in [0.1, 0.15) is 36.5 Å². The Hall–Kier alpha value is -0.910. The van der Waals surface area contributed by atoms with Gasteiger partial charge >= 0.3 is 0 Å². The molecule has 20 heavy (non-hydrogen) atoms. The Labute approximate surface area is 122 Å². The first kappa shape index (κ1) is 17.1. The third-order valence-corrected chi connectivity index (χ3v) is 5.44. The van der Waals surface area contributed by atoms with Gasteiger partial charge in [-0.25, -0.2) is 8.42 Å². The van der Waals surface area contributed by atoms with Gasteiger partial charge < -0.3 is 0 Å². The van der Waals surface area contributed by atoms with Crippen LogP contribution in [0.25, 0.3) is 0 Å². The fourth-order valence-electron chi connectivity index (χ4n) is 2.22. The molecule has 1 unspecified atom stereocenters. The van der Waals surface area contributed by atoms with Gasteiger partial charge in [0.15, 0.2) is 0 Å². The molecule has 0 spiro atoms. The monoisotopic (exact) mass is 298 g/mol. The SMILES string of the molecule is CCS(=O)(=O)CCCC(Cc1cc(C)ccc1C)NN. The lowest BCUT2D eigenvalue weighted by molar-refractivity contribution is 0.483. The molecule has 3 N–H and O–H groups in total. The Morgan fingerprint density at radius 3 is 2.60 bits per heavy atom. The van der Waals surface area contributed by atoms with Crippen molar-refractivity contribution in [2.45, 2.75) is 46.1 Å². The number of sulfone groups is 1. The van der Waals surface area contributed by atoms with Gasteiger partial charge in [-0.15, -0.1) is 0 Å². The fraction of sp³-hybridized carbons (Fsp3) is 0.600. The number of benzene rings is 1. The first-order valence-electron chi connectivity index (χ1n) is 7.10. The summed E-state index contributed by atoms with van der Waals surface area (Å²) in [5, 5.41) is 0. The van der Waals surface area contributed by atoms with E-state index in [2.05, 4.69) is 37.5 Å². The van der Waals surface area contributed by atoms with E-state index in [1.165, 1.54) is 16.7 Å². The van der Waals surface area contributed by atoms with E-state index in [1.54, 1.807) is 6.92 Å². The largest absolute Gasteiger partial charge is 0.271 e. The van der Waals surface area contributed by atoms with Gasteiger partial charge in [-0.05, 0) is 44.2 Å². The molecule has 1 aromatic carbocycles. The van der Waals surface area contributed by atoms with Crippen LogP contribution in [0.4, 0.5) is 0 Å². The second-order valence-electron chi connectivity index (χ2n) is 5.38. The van der Waals surface area contributed by atoms with Crippen molar-refractivity contribution in [2.75, 3.05) is 11.5 Å². The number of hydrogen-bond acceptors (Lipinski definition) is 4. The van der Waals surface area contributed by atoms with E-state index in [0.29, 0.717) is 6.42 Å². The van der Waals surface area contributed by atoms with Gasteiger partial charge in [0, 0.05) is 11.8 Å². The molecule has 1 rings (SSSR count). The normalized spacial score (nSPS) is 13.4. The molecule has 1 atom stereocenters. The summed E-state index contributed by atoms with van der Waals surface area (Å²) in [7, 11) is -2.88. The summed E-state index contributed by atoms with van der Waals surface area (Å²) in [4.78, 5) is 0. The van der Waals surface area contributed by atoms with Gasteiger partial charge in [-0.2, -0.15) is 0 Å². The lowest BCUT2D eigenvalue weighted by atomic mass is 9.97. The predicted octanol–water partition coefficient (Wildman–Crippen LogP) is 1.89. The molecule has 0 aliphatic heterocycles. The van der Waals surface area contributed by atoms with Crippen molar-refractivity contribution in [1.29, 1.82) is 0 Å². The number of hydrogen-bond donors (Lipinski definition) is 2. The van der Waals surface area contributed by atoms with E-state index in [1.807, 2.05) is 0 Å². The summed E-state index contributed by atoms with van der Waals surface area (Å²) in [6.07, 6.45) is 2.25. The Morgan fingerprint density at radius 2 is 2.00 bits per heavy atom. The van der Waals surface area contributed by atoms with Crippen molar-refractivity contribution >= 4 is 9.84 Å². The van der Waals surface area contributed by atoms with Crippen molar-refractivity contribution in [3.8, 4) is 0 Å². The molecule has 114 valence electrons. The molecular formula is C15H26N2O2S. The minimum Gasteiger partial charge on any atom is -0.271 e. The van der Waals surface area contributed by atoms with Crippen molar-refractivity contribution < 1.29 is 8.42 Å². The topological polar surface area (TPSA) is 72.2 Å². The molecule has 0 aliphatic carbocycles. The number of hydrazine groups is 1. The highest BCUT2D eigenvalue weighted by Gasteiger charge is 2.12. The first-order chi connectivity index (χ1) is 9.38. The minimum atomic E-state index is -2.88. The first-order valence-corrected chi connectivity index (χ1v) is 8.92. The van der Waals surface area contributed by atoms with Crippen LogP contribution in [0.3, 0.4) is 0 Å². The highest BCUT2D eigenvalue weighted by molar-refractivity contribution is 7.91. The average Bonchev–Trinajstić information content (AvgIpc) is 2.41. The van der Waals surface area contributed by atoms with Crippen LogP contribution in [0.15, 0.2) is 18.2 Å². The van der Waals surface area contributed by atoms with Crippen molar-refractivity contribution in [3.63, 3.8) is 0 Å². The van der Waals surface area contributed by atoms with Gasteiger partial charge in [-0.3, -0.25) is 11.3 Å². The van der Waals surface area contributed by atoms with E-state index in [0.717, 1.165) is 12.8 Å². The summed E-state index contributed by atoms with van der Waals surface area (Å²) in [6, 6.07) is 6.49. The van der Waals surface area contributed by atoms with Gasteiger partial charge in [0.05, 0.1) is 5.75 Å². The molecule has 0 bridgehead atoms. The Balaban J connectivity index is 2.57. The maximum absolute atomic E-state index is 11.5. The van der Waals surface area contributed by atoms with Crippen LogP contribution in [0.5, 0.6) is 0 Å². The maximum Gasteiger partial charge on any atom is 0.150 e.